The summed E-state index contributed by atoms with van der Waals surface area (Å²) in [6, 6.07) is 9.76. The number of amides is 2. The Hall–Kier alpha value is -2.67. The molecule has 0 atom stereocenters. The van der Waals surface area contributed by atoms with Crippen molar-refractivity contribution in [3.8, 4) is 0 Å². The van der Waals surface area contributed by atoms with Gasteiger partial charge in [0.05, 0.1) is 16.1 Å². The van der Waals surface area contributed by atoms with Crippen LogP contribution < -0.4 is 5.32 Å². The Morgan fingerprint density at radius 2 is 1.64 bits per heavy atom. The lowest BCUT2D eigenvalue weighted by Crippen LogP contribution is -2.36. The summed E-state index contributed by atoms with van der Waals surface area (Å²) in [6.45, 7) is 1.46. The topological polar surface area (TPSA) is 86.7 Å². The summed E-state index contributed by atoms with van der Waals surface area (Å²) in [5, 5.41) is 11.7. The molecule has 2 heterocycles. The van der Waals surface area contributed by atoms with E-state index in [-0.39, 0.29) is 15.7 Å². The smallest absolute Gasteiger partial charge is 0.345 e. The Balaban J connectivity index is 1.79. The monoisotopic (exact) mass is 358 g/mol. The van der Waals surface area contributed by atoms with Crippen LogP contribution in [0.3, 0.4) is 0 Å². The zero-order valence-electron chi connectivity index (χ0n) is 13.5. The molecule has 1 saturated heterocycles. The van der Waals surface area contributed by atoms with Crippen LogP contribution >= 0.6 is 11.3 Å². The van der Waals surface area contributed by atoms with E-state index in [1.54, 1.807) is 24.3 Å². The molecule has 1 aliphatic rings. The lowest BCUT2D eigenvalue weighted by molar-refractivity contribution is 0.0699. The fourth-order valence-electron chi connectivity index (χ4n) is 2.80. The number of carbonyl (C=O) groups is 3. The quantitative estimate of drug-likeness (QED) is 0.878. The molecule has 7 heteroatoms. The minimum atomic E-state index is -1.07. The highest BCUT2D eigenvalue weighted by atomic mass is 32.1. The maximum Gasteiger partial charge on any atom is 0.345 e. The highest BCUT2D eigenvalue weighted by molar-refractivity contribution is 7.15. The lowest BCUT2D eigenvalue weighted by Gasteiger charge is -2.27. The van der Waals surface area contributed by atoms with Gasteiger partial charge in [-0.15, -0.1) is 11.3 Å². The summed E-state index contributed by atoms with van der Waals surface area (Å²) < 4.78 is 0. The average Bonchev–Trinajstić information content (AvgIpc) is 3.13. The van der Waals surface area contributed by atoms with Crippen LogP contribution in [0.15, 0.2) is 36.4 Å². The molecule has 2 amide bonds. The second-order valence-corrected chi connectivity index (χ2v) is 6.91. The number of aromatic carboxylic acids is 1. The standard InChI is InChI=1S/C18H18N2O4S/c21-16(14-8-9-15(25-14)18(23)24)19-13-7-3-2-6-12(13)17(22)20-10-4-1-5-11-20/h2-3,6-9H,1,4-5,10-11H2,(H,19,21)(H,23,24). The number of carboxylic acids is 1. The van der Waals surface area contributed by atoms with Gasteiger partial charge in [-0.2, -0.15) is 0 Å². The van der Waals surface area contributed by atoms with E-state index < -0.39 is 11.9 Å². The third-order valence-electron chi connectivity index (χ3n) is 4.09. The van der Waals surface area contributed by atoms with Crippen LogP contribution in [0.4, 0.5) is 5.69 Å². The highest BCUT2D eigenvalue weighted by Crippen LogP contribution is 2.22. The third kappa shape index (κ3) is 3.88. The maximum absolute atomic E-state index is 12.7. The molecule has 1 aromatic carbocycles. The van der Waals surface area contributed by atoms with Crippen LogP contribution in [0, 0.1) is 0 Å². The van der Waals surface area contributed by atoms with Crippen LogP contribution in [0.1, 0.15) is 49.0 Å². The van der Waals surface area contributed by atoms with E-state index in [1.807, 2.05) is 4.90 Å². The van der Waals surface area contributed by atoms with Gasteiger partial charge in [-0.1, -0.05) is 12.1 Å². The number of piperidine rings is 1. The number of benzene rings is 1. The van der Waals surface area contributed by atoms with Crippen LogP contribution in [-0.2, 0) is 0 Å². The number of nitrogens with one attached hydrogen (secondary N) is 1. The normalized spacial score (nSPS) is 14.2. The summed E-state index contributed by atoms with van der Waals surface area (Å²) in [5.74, 6) is -1.57. The summed E-state index contributed by atoms with van der Waals surface area (Å²) in [4.78, 5) is 38.3. The fourth-order valence-corrected chi connectivity index (χ4v) is 3.54. The Bertz CT molecular complexity index is 809. The average molecular weight is 358 g/mol. The predicted octanol–water partition coefficient (Wildman–Crippen LogP) is 3.32. The van der Waals surface area contributed by atoms with Gasteiger partial charge in [0.1, 0.15) is 4.88 Å². The van der Waals surface area contributed by atoms with E-state index in [1.165, 1.54) is 12.1 Å². The molecule has 6 nitrogen and oxygen atoms in total. The van der Waals surface area contributed by atoms with Crippen molar-refractivity contribution < 1.29 is 19.5 Å². The molecular weight excluding hydrogens is 340 g/mol. The van der Waals surface area contributed by atoms with E-state index in [4.69, 9.17) is 5.11 Å². The first-order chi connectivity index (χ1) is 12.1. The zero-order chi connectivity index (χ0) is 17.8. The van der Waals surface area contributed by atoms with Gasteiger partial charge in [0.2, 0.25) is 0 Å². The molecule has 2 N–H and O–H groups in total. The Labute approximate surface area is 149 Å². The largest absolute Gasteiger partial charge is 0.477 e. The van der Waals surface area contributed by atoms with Gasteiger partial charge >= 0.3 is 5.97 Å². The number of carboxylic acid groups (broad SMARTS) is 1. The Kier molecular flexibility index (Phi) is 5.14. The summed E-state index contributed by atoms with van der Waals surface area (Å²) in [6.07, 6.45) is 3.12. The van der Waals surface area contributed by atoms with Gasteiger partial charge < -0.3 is 15.3 Å². The Morgan fingerprint density at radius 1 is 0.960 bits per heavy atom. The molecule has 1 aromatic heterocycles. The van der Waals surface area contributed by atoms with Crippen molar-refractivity contribution >= 4 is 34.8 Å². The number of hydrogen-bond donors (Lipinski definition) is 2. The number of likely N-dealkylation sites (tertiary alicyclic amines) is 1. The zero-order valence-corrected chi connectivity index (χ0v) is 14.3. The number of nitrogens with zero attached hydrogens (tertiary/aromatic N) is 1. The SMILES string of the molecule is O=C(O)c1ccc(C(=O)Nc2ccccc2C(=O)N2CCCCC2)s1. The van der Waals surface area contributed by atoms with Crippen molar-refractivity contribution in [3.63, 3.8) is 0 Å². The number of thiophene rings is 1. The van der Waals surface area contributed by atoms with E-state index in [2.05, 4.69) is 5.32 Å². The van der Waals surface area contributed by atoms with Crippen molar-refractivity contribution in [2.24, 2.45) is 0 Å². The van der Waals surface area contributed by atoms with Crippen LogP contribution in [0.2, 0.25) is 0 Å². The van der Waals surface area contributed by atoms with Crippen LogP contribution in [-0.4, -0.2) is 40.9 Å². The minimum Gasteiger partial charge on any atom is -0.477 e. The molecule has 1 fully saturated rings. The number of anilines is 1. The van der Waals surface area contributed by atoms with Crippen molar-refractivity contribution in [1.82, 2.24) is 4.90 Å². The number of hydrogen-bond acceptors (Lipinski definition) is 4. The second kappa shape index (κ2) is 7.48. The van der Waals surface area contributed by atoms with Gasteiger partial charge in [0, 0.05) is 13.1 Å². The summed E-state index contributed by atoms with van der Waals surface area (Å²) >= 11 is 0.904. The van der Waals surface area contributed by atoms with Crippen molar-refractivity contribution in [2.75, 3.05) is 18.4 Å². The molecule has 0 spiro atoms. The molecule has 0 bridgehead atoms. The Morgan fingerprint density at radius 3 is 2.32 bits per heavy atom. The third-order valence-corrected chi connectivity index (χ3v) is 5.16. The first-order valence-corrected chi connectivity index (χ1v) is 8.90. The lowest BCUT2D eigenvalue weighted by atomic mass is 10.1. The van der Waals surface area contributed by atoms with E-state index in [0.29, 0.717) is 11.3 Å². The van der Waals surface area contributed by atoms with Gasteiger partial charge in [-0.05, 0) is 43.5 Å². The number of para-hydroxylation sites is 1. The van der Waals surface area contributed by atoms with E-state index in [9.17, 15) is 14.4 Å². The van der Waals surface area contributed by atoms with Gasteiger partial charge in [0.25, 0.3) is 11.8 Å². The van der Waals surface area contributed by atoms with Crippen LogP contribution in [0.5, 0.6) is 0 Å². The fraction of sp³-hybridized carbons (Fsp3) is 0.278. The molecule has 130 valence electrons. The van der Waals surface area contributed by atoms with E-state index >= 15 is 0 Å². The molecule has 25 heavy (non-hydrogen) atoms. The van der Waals surface area contributed by atoms with Crippen molar-refractivity contribution in [2.45, 2.75) is 19.3 Å². The molecule has 0 radical (unpaired) electrons. The van der Waals surface area contributed by atoms with E-state index in [0.717, 1.165) is 43.7 Å². The van der Waals surface area contributed by atoms with Crippen molar-refractivity contribution in [3.05, 3.63) is 51.7 Å². The molecule has 0 saturated carbocycles. The summed E-state index contributed by atoms with van der Waals surface area (Å²) in [5.41, 5.74) is 0.890. The van der Waals surface area contributed by atoms with Crippen molar-refractivity contribution in [1.29, 1.82) is 0 Å². The predicted molar refractivity (Wildman–Crippen MR) is 95.4 cm³/mol. The van der Waals surface area contributed by atoms with Gasteiger partial charge in [-0.25, -0.2) is 4.79 Å². The molecule has 1 aliphatic heterocycles. The first-order valence-electron chi connectivity index (χ1n) is 8.09. The molecule has 0 aliphatic carbocycles. The van der Waals surface area contributed by atoms with Gasteiger partial charge in [0.15, 0.2) is 0 Å². The molecule has 2 aromatic rings. The minimum absolute atomic E-state index is 0.0898. The maximum atomic E-state index is 12.7. The summed E-state index contributed by atoms with van der Waals surface area (Å²) in [7, 11) is 0. The van der Waals surface area contributed by atoms with Gasteiger partial charge in [-0.3, -0.25) is 9.59 Å². The molecule has 3 rings (SSSR count). The number of rotatable bonds is 4. The highest BCUT2D eigenvalue weighted by Gasteiger charge is 2.22. The second-order valence-electron chi connectivity index (χ2n) is 5.82. The first kappa shape index (κ1) is 17.2. The van der Waals surface area contributed by atoms with Crippen LogP contribution in [0.25, 0.3) is 0 Å². The molecule has 0 unspecified atom stereocenters. The number of carbonyl (C=O) groups excluding carboxylic acids is 2. The molecular formula is C18H18N2O4S.